The Morgan fingerprint density at radius 2 is 0.985 bits per heavy atom. The van der Waals surface area contributed by atoms with Gasteiger partial charge >= 0.3 is 12.1 Å². The summed E-state index contributed by atoms with van der Waals surface area (Å²) >= 11 is 0. The zero-order valence-electron chi connectivity index (χ0n) is 36.5. The molecule has 0 bridgehead atoms. The van der Waals surface area contributed by atoms with Gasteiger partial charge in [0.15, 0.2) is 0 Å². The summed E-state index contributed by atoms with van der Waals surface area (Å²) in [6, 6.07) is 28.5. The third-order valence-electron chi connectivity index (χ3n) is 13.6. The van der Waals surface area contributed by atoms with Crippen LogP contribution < -0.4 is 19.6 Å². The highest BCUT2D eigenvalue weighted by molar-refractivity contribution is 6.35. The fourth-order valence-electron chi connectivity index (χ4n) is 9.98. The van der Waals surface area contributed by atoms with E-state index in [1.807, 2.05) is 68.4 Å². The van der Waals surface area contributed by atoms with Crippen LogP contribution in [0.5, 0.6) is 0 Å². The molecule has 6 aromatic rings. The third kappa shape index (κ3) is 7.26. The molecule has 334 valence electrons. The molecule has 4 saturated heterocycles. The normalized spacial score (nSPS) is 18.7. The molecule has 2 aromatic carbocycles. The molecule has 4 fully saturated rings. The molecule has 0 saturated carbocycles. The van der Waals surface area contributed by atoms with Crippen molar-refractivity contribution in [2.75, 3.05) is 45.8 Å². The van der Waals surface area contributed by atoms with Gasteiger partial charge in [-0.15, -0.1) is 0 Å². The zero-order chi connectivity index (χ0) is 45.7. The molecule has 6 amide bonds. The highest BCUT2D eigenvalue weighted by atomic mass is 19.1. The topological polar surface area (TPSA) is 139 Å². The number of aryl methyl sites for hydroxylation is 2. The van der Waals surface area contributed by atoms with Crippen LogP contribution in [-0.2, 0) is 22.7 Å². The highest BCUT2D eigenvalue weighted by Gasteiger charge is 2.63. The average Bonchev–Trinajstić information content (AvgIpc) is 3.66. The van der Waals surface area contributed by atoms with Crippen LogP contribution in [0.3, 0.4) is 0 Å². The zero-order valence-corrected chi connectivity index (χ0v) is 36.5. The molecule has 0 aliphatic carbocycles. The van der Waals surface area contributed by atoms with Gasteiger partial charge in [0, 0.05) is 51.7 Å². The summed E-state index contributed by atoms with van der Waals surface area (Å²) < 4.78 is 30.0. The van der Waals surface area contributed by atoms with Crippen LogP contribution in [0.25, 0.3) is 11.1 Å². The molecule has 10 rings (SSSR count). The van der Waals surface area contributed by atoms with E-state index in [1.165, 1.54) is 40.1 Å². The quantitative estimate of drug-likeness (QED) is 0.104. The molecule has 0 N–H and O–H groups in total. The van der Waals surface area contributed by atoms with Crippen molar-refractivity contribution < 1.29 is 28.0 Å². The maximum absolute atomic E-state index is 15.5. The number of hydrogen-bond acceptors (Lipinski definition) is 10. The summed E-state index contributed by atoms with van der Waals surface area (Å²) in [7, 11) is 0. The van der Waals surface area contributed by atoms with Crippen LogP contribution in [0.1, 0.15) is 48.2 Å². The molecule has 8 heterocycles. The van der Waals surface area contributed by atoms with Gasteiger partial charge < -0.3 is 0 Å². The van der Waals surface area contributed by atoms with Gasteiger partial charge in [-0.3, -0.25) is 39.2 Å². The second-order valence-electron chi connectivity index (χ2n) is 17.4. The summed E-state index contributed by atoms with van der Waals surface area (Å²) in [5, 5.41) is 0. The number of carbonyl (C=O) groups excluding carboxylic acids is 4. The second-order valence-corrected chi connectivity index (χ2v) is 17.4. The molecule has 16 heteroatoms. The smallest absolute Gasteiger partial charge is 0.297 e. The Bertz CT molecular complexity index is 2880. The van der Waals surface area contributed by atoms with Crippen molar-refractivity contribution in [2.24, 2.45) is 0 Å². The number of benzene rings is 2. The summed E-state index contributed by atoms with van der Waals surface area (Å²) in [6.07, 6.45) is 4.17. The number of pyridine rings is 4. The Labute approximate surface area is 380 Å². The lowest BCUT2D eigenvalue weighted by molar-refractivity contribution is -0.124. The van der Waals surface area contributed by atoms with Crippen molar-refractivity contribution >= 4 is 46.9 Å². The number of anilines is 4. The number of hydrogen-bond donors (Lipinski definition) is 0. The molecular formula is C50H46F2N10O4. The number of imide groups is 2. The Kier molecular flexibility index (Phi) is 10.9. The van der Waals surface area contributed by atoms with E-state index < -0.39 is 46.8 Å². The Morgan fingerprint density at radius 3 is 1.44 bits per heavy atom. The fraction of sp³-hybridized carbons (Fsp3) is 0.280. The van der Waals surface area contributed by atoms with Gasteiger partial charge in [0.2, 0.25) is 11.9 Å². The van der Waals surface area contributed by atoms with Gasteiger partial charge in [-0.2, -0.15) is 8.78 Å². The molecule has 14 nitrogen and oxygen atoms in total. The molecule has 2 spiro atoms. The van der Waals surface area contributed by atoms with Crippen molar-refractivity contribution in [3.05, 3.63) is 156 Å². The first-order valence-electron chi connectivity index (χ1n) is 22.1. The lowest BCUT2D eigenvalue weighted by atomic mass is 9.85. The Morgan fingerprint density at radius 1 is 0.515 bits per heavy atom. The summed E-state index contributed by atoms with van der Waals surface area (Å²) in [5.74, 6) is -2.96. The predicted octanol–water partition coefficient (Wildman–Crippen LogP) is 7.84. The number of rotatable bonds is 9. The number of aromatic nitrogens is 4. The van der Waals surface area contributed by atoms with Crippen LogP contribution in [0.4, 0.5) is 41.4 Å². The van der Waals surface area contributed by atoms with Crippen molar-refractivity contribution in [3.8, 4) is 11.1 Å². The first kappa shape index (κ1) is 42.6. The number of likely N-dealkylation sites (tertiary alicyclic amines) is 2. The average molecular weight is 889 g/mol. The minimum atomic E-state index is -1.51. The molecule has 4 aromatic heterocycles. The highest BCUT2D eigenvalue weighted by Crippen LogP contribution is 2.49. The summed E-state index contributed by atoms with van der Waals surface area (Å²) in [4.78, 5) is 87.7. The van der Waals surface area contributed by atoms with Crippen molar-refractivity contribution in [1.82, 2.24) is 29.7 Å². The maximum Gasteiger partial charge on any atom is 0.338 e. The van der Waals surface area contributed by atoms with Gasteiger partial charge in [0.1, 0.15) is 22.7 Å². The SMILES string of the molecule is Cc1cccnc1CN1CCC2(CC1)C(=O)N(c1ccc(-c3ccccc3)cc1N1C(=O)N(c3cccc(F)n3)C3(CCN(Cc4ncccc4C)CC3)C1=O)C(=O)N2c1cccc(F)n1. The first-order valence-corrected chi connectivity index (χ1v) is 22.1. The van der Waals surface area contributed by atoms with E-state index in [1.54, 1.807) is 30.6 Å². The number of amides is 6. The minimum absolute atomic E-state index is 0.0230. The number of piperidine rings is 2. The van der Waals surface area contributed by atoms with Crippen LogP contribution in [0, 0.1) is 25.7 Å². The lowest BCUT2D eigenvalue weighted by Crippen LogP contribution is -2.57. The van der Waals surface area contributed by atoms with E-state index in [-0.39, 0.29) is 48.7 Å². The van der Waals surface area contributed by atoms with Gasteiger partial charge in [0.25, 0.3) is 11.8 Å². The number of halogens is 2. The molecule has 0 unspecified atom stereocenters. The van der Waals surface area contributed by atoms with Crippen molar-refractivity contribution in [3.63, 3.8) is 0 Å². The van der Waals surface area contributed by atoms with Gasteiger partial charge in [0.05, 0.1) is 22.8 Å². The van der Waals surface area contributed by atoms with Crippen LogP contribution in [-0.4, -0.2) is 90.9 Å². The standard InChI is InChI=1S/C50H46F2N10O4/c1-33-10-8-24-53-37(33)31-57-26-20-49(21-27-57)45(63)59(47(65)61(49)43-16-6-14-41(51)55-43)39-19-18-36(35-12-4-3-5-13-35)30-40(39)60-46(64)50(62(48(60)66)44-17-7-15-42(52)56-44)22-28-58(29-23-50)32-38-34(2)11-9-25-54-38/h3-19,24-25,30H,20-23,26-29,31-32H2,1-2H3. The van der Waals surface area contributed by atoms with E-state index in [0.717, 1.165) is 43.9 Å². The van der Waals surface area contributed by atoms with E-state index >= 15 is 23.6 Å². The number of carbonyl (C=O) groups is 4. The van der Waals surface area contributed by atoms with E-state index in [9.17, 15) is 4.39 Å². The second kappa shape index (κ2) is 16.9. The van der Waals surface area contributed by atoms with Gasteiger partial charge in [-0.05, 0) is 110 Å². The van der Waals surface area contributed by atoms with Crippen LogP contribution >= 0.6 is 0 Å². The molecule has 0 radical (unpaired) electrons. The molecule has 0 atom stereocenters. The summed E-state index contributed by atoms with van der Waals surface area (Å²) in [6.45, 7) is 6.60. The maximum atomic E-state index is 15.5. The van der Waals surface area contributed by atoms with E-state index in [2.05, 4.69) is 29.7 Å². The fourth-order valence-corrected chi connectivity index (χ4v) is 9.98. The molecule has 66 heavy (non-hydrogen) atoms. The third-order valence-corrected chi connectivity index (χ3v) is 13.6. The monoisotopic (exact) mass is 888 g/mol. The van der Waals surface area contributed by atoms with Crippen LogP contribution in [0.15, 0.2) is 122 Å². The number of nitrogens with zero attached hydrogens (tertiary/aromatic N) is 10. The Hall–Kier alpha value is -7.30. The minimum Gasteiger partial charge on any atom is -0.297 e. The largest absolute Gasteiger partial charge is 0.338 e. The van der Waals surface area contributed by atoms with E-state index in [4.69, 9.17) is 0 Å². The van der Waals surface area contributed by atoms with Crippen molar-refractivity contribution in [1.29, 1.82) is 0 Å². The first-order chi connectivity index (χ1) is 32.0. The van der Waals surface area contributed by atoms with Gasteiger partial charge in [-0.1, -0.05) is 60.7 Å². The molecule has 4 aliphatic heterocycles. The summed E-state index contributed by atoms with van der Waals surface area (Å²) in [5.41, 5.74) is 2.13. The van der Waals surface area contributed by atoms with Crippen molar-refractivity contribution in [2.45, 2.75) is 63.7 Å². The lowest BCUT2D eigenvalue weighted by Gasteiger charge is -2.41. The Balaban J connectivity index is 1.07. The molecule has 4 aliphatic rings. The predicted molar refractivity (Wildman–Crippen MR) is 243 cm³/mol. The molecular weight excluding hydrogens is 843 g/mol. The van der Waals surface area contributed by atoms with Gasteiger partial charge in [-0.25, -0.2) is 29.4 Å². The number of urea groups is 2. The van der Waals surface area contributed by atoms with Crippen LogP contribution in [0.2, 0.25) is 0 Å². The van der Waals surface area contributed by atoms with E-state index in [0.29, 0.717) is 44.8 Å².